The molecule has 0 amide bonds. The Morgan fingerprint density at radius 2 is 2.24 bits per heavy atom. The van der Waals surface area contributed by atoms with Crippen LogP contribution in [-0.2, 0) is 0 Å². The van der Waals surface area contributed by atoms with E-state index in [-0.39, 0.29) is 5.75 Å². The number of aromatic amines is 1. The number of aryl methyl sites for hydroxylation is 1. The summed E-state index contributed by atoms with van der Waals surface area (Å²) in [6, 6.07) is 1.67. The highest BCUT2D eigenvalue weighted by atomic mass is 35.5. The topological polar surface area (TPSA) is 49.9 Å². The number of ether oxygens (including phenoxy) is 1. The summed E-state index contributed by atoms with van der Waals surface area (Å²) in [6.45, 7) is 1.65. The summed E-state index contributed by atoms with van der Waals surface area (Å²) in [5.74, 6) is 0.0152. The van der Waals surface area contributed by atoms with E-state index in [0.29, 0.717) is 16.6 Å². The third-order valence-corrected chi connectivity index (χ3v) is 2.43. The lowest BCUT2D eigenvalue weighted by Crippen LogP contribution is -2.17. The highest BCUT2D eigenvalue weighted by Gasteiger charge is 2.30. The molecule has 0 saturated carbocycles. The van der Waals surface area contributed by atoms with E-state index in [4.69, 9.17) is 11.6 Å². The molecule has 1 aromatic carbocycles. The van der Waals surface area contributed by atoms with E-state index in [1.807, 2.05) is 0 Å². The Hall–Kier alpha value is -1.56. The van der Waals surface area contributed by atoms with E-state index in [0.717, 1.165) is 5.52 Å². The Morgan fingerprint density at radius 3 is 2.82 bits per heavy atom. The number of anilines is 1. The zero-order valence-electron chi connectivity index (χ0n) is 9.14. The quantitative estimate of drug-likeness (QED) is 0.835. The highest BCUT2D eigenvalue weighted by Crippen LogP contribution is 2.39. The Bertz CT molecular complexity index is 550. The molecule has 1 heterocycles. The van der Waals surface area contributed by atoms with Gasteiger partial charge in [0.15, 0.2) is 5.75 Å². The van der Waals surface area contributed by atoms with Crippen LogP contribution in [0.15, 0.2) is 12.3 Å². The average Bonchev–Trinajstić information content (AvgIpc) is 2.64. The van der Waals surface area contributed by atoms with Crippen LogP contribution in [0.2, 0.25) is 0 Å². The van der Waals surface area contributed by atoms with Gasteiger partial charge in [0.05, 0.1) is 17.4 Å². The molecule has 0 radical (unpaired) electrons. The molecule has 17 heavy (non-hydrogen) atoms. The van der Waals surface area contributed by atoms with Crippen LogP contribution in [0.25, 0.3) is 10.9 Å². The fraction of sp³-hybridized carbons (Fsp3) is 0.300. The van der Waals surface area contributed by atoms with Crippen molar-refractivity contribution in [3.8, 4) is 5.75 Å². The molecule has 2 N–H and O–H groups in total. The zero-order chi connectivity index (χ0) is 12.6. The molecule has 7 heteroatoms. The second-order valence-electron chi connectivity index (χ2n) is 3.53. The lowest BCUT2D eigenvalue weighted by Gasteiger charge is -2.17. The van der Waals surface area contributed by atoms with Crippen molar-refractivity contribution in [1.29, 1.82) is 0 Å². The van der Waals surface area contributed by atoms with Crippen molar-refractivity contribution in [1.82, 2.24) is 10.2 Å². The van der Waals surface area contributed by atoms with Gasteiger partial charge in [-0.15, -0.1) is 8.78 Å². The third-order valence-electron chi connectivity index (χ3n) is 2.35. The van der Waals surface area contributed by atoms with E-state index in [9.17, 15) is 8.78 Å². The van der Waals surface area contributed by atoms with Crippen LogP contribution in [0, 0.1) is 6.92 Å². The molecule has 0 aliphatic carbocycles. The number of alkyl halides is 3. The number of aromatic nitrogens is 2. The molecule has 92 valence electrons. The lowest BCUT2D eigenvalue weighted by molar-refractivity contribution is -0.0963. The summed E-state index contributed by atoms with van der Waals surface area (Å²) >= 11 is 4.79. The molecular formula is C10H10ClF2N3O. The van der Waals surface area contributed by atoms with Gasteiger partial charge < -0.3 is 10.1 Å². The molecule has 0 saturated heterocycles. The first-order valence-corrected chi connectivity index (χ1v) is 5.20. The van der Waals surface area contributed by atoms with E-state index in [1.54, 1.807) is 20.0 Å². The van der Waals surface area contributed by atoms with Crippen LogP contribution >= 0.6 is 11.6 Å². The summed E-state index contributed by atoms with van der Waals surface area (Å²) in [6.07, 6.45) is 1.53. The monoisotopic (exact) mass is 261 g/mol. The Morgan fingerprint density at radius 1 is 1.53 bits per heavy atom. The van der Waals surface area contributed by atoms with Crippen LogP contribution in [0.4, 0.5) is 14.5 Å². The fourth-order valence-electron chi connectivity index (χ4n) is 1.70. The minimum atomic E-state index is -3.74. The first kappa shape index (κ1) is 11.9. The second kappa shape index (κ2) is 4.03. The van der Waals surface area contributed by atoms with Gasteiger partial charge in [0.25, 0.3) is 0 Å². The number of fused-ring (bicyclic) bond motifs is 1. The van der Waals surface area contributed by atoms with Gasteiger partial charge in [-0.2, -0.15) is 5.10 Å². The van der Waals surface area contributed by atoms with Crippen molar-refractivity contribution >= 4 is 28.2 Å². The van der Waals surface area contributed by atoms with Gasteiger partial charge in [-0.05, 0) is 18.6 Å². The number of nitrogens with one attached hydrogen (secondary N) is 2. The maximum absolute atomic E-state index is 12.7. The van der Waals surface area contributed by atoms with Crippen LogP contribution < -0.4 is 10.1 Å². The van der Waals surface area contributed by atoms with Gasteiger partial charge in [0.1, 0.15) is 0 Å². The number of hydrogen-bond donors (Lipinski definition) is 2. The molecule has 2 aromatic rings. The van der Waals surface area contributed by atoms with Gasteiger partial charge in [-0.1, -0.05) is 0 Å². The number of rotatable bonds is 3. The molecule has 2 rings (SSSR count). The summed E-state index contributed by atoms with van der Waals surface area (Å²) in [4.78, 5) is 0. The van der Waals surface area contributed by atoms with Gasteiger partial charge in [0, 0.05) is 24.0 Å². The summed E-state index contributed by atoms with van der Waals surface area (Å²) < 4.78 is 29.9. The number of nitrogens with zero attached hydrogens (tertiary/aromatic N) is 1. The number of hydrogen-bond acceptors (Lipinski definition) is 3. The van der Waals surface area contributed by atoms with Crippen molar-refractivity contribution in [2.24, 2.45) is 0 Å². The molecule has 0 unspecified atom stereocenters. The standard InChI is InChI=1S/C10H10ClF2N3O/c1-5-3-7-6(4-15-16-7)8(14-2)9(5)17-10(11,12)13/h3-4,14H,1-2H3,(H,15,16). The van der Waals surface area contributed by atoms with E-state index in [2.05, 4.69) is 20.3 Å². The minimum absolute atomic E-state index is 0.0152. The van der Waals surface area contributed by atoms with Gasteiger partial charge in [-0.25, -0.2) is 0 Å². The third kappa shape index (κ3) is 2.26. The van der Waals surface area contributed by atoms with Crippen molar-refractivity contribution in [2.75, 3.05) is 12.4 Å². The Balaban J connectivity index is 2.63. The Kier molecular flexibility index (Phi) is 2.82. The van der Waals surface area contributed by atoms with Crippen molar-refractivity contribution in [3.05, 3.63) is 17.8 Å². The molecule has 0 spiro atoms. The van der Waals surface area contributed by atoms with Crippen LogP contribution in [0.5, 0.6) is 5.75 Å². The van der Waals surface area contributed by atoms with Crippen molar-refractivity contribution < 1.29 is 13.5 Å². The fourth-order valence-corrected chi connectivity index (χ4v) is 1.78. The summed E-state index contributed by atoms with van der Waals surface area (Å²) in [5, 5.41) is 10.1. The van der Waals surface area contributed by atoms with E-state index < -0.39 is 5.57 Å². The van der Waals surface area contributed by atoms with Crippen LogP contribution in [0.1, 0.15) is 5.56 Å². The second-order valence-corrected chi connectivity index (χ2v) is 3.97. The molecule has 4 nitrogen and oxygen atoms in total. The maximum Gasteiger partial charge on any atom is 0.487 e. The SMILES string of the molecule is CNc1c(OC(F)(F)Cl)c(C)cc2[nH]ncc12. The molecule has 0 fully saturated rings. The molecular weight excluding hydrogens is 252 g/mol. The van der Waals surface area contributed by atoms with Crippen molar-refractivity contribution in [3.63, 3.8) is 0 Å². The summed E-state index contributed by atoms with van der Waals surface area (Å²) in [5.41, 5.74) is -2.05. The Labute approximate surface area is 101 Å². The number of halogens is 3. The van der Waals surface area contributed by atoms with Gasteiger partial charge in [-0.3, -0.25) is 5.10 Å². The molecule has 0 bridgehead atoms. The van der Waals surface area contributed by atoms with E-state index in [1.165, 1.54) is 6.20 Å². The number of benzene rings is 1. The van der Waals surface area contributed by atoms with Crippen LogP contribution in [0.3, 0.4) is 0 Å². The first-order chi connectivity index (χ1) is 7.92. The normalized spacial score (nSPS) is 11.8. The van der Waals surface area contributed by atoms with E-state index >= 15 is 0 Å². The number of H-pyrrole nitrogens is 1. The smallest absolute Gasteiger partial charge is 0.417 e. The van der Waals surface area contributed by atoms with Crippen molar-refractivity contribution in [2.45, 2.75) is 12.5 Å². The maximum atomic E-state index is 12.7. The summed E-state index contributed by atoms with van der Waals surface area (Å²) in [7, 11) is 1.61. The molecule has 0 atom stereocenters. The predicted octanol–water partition coefficient (Wildman–Crippen LogP) is 3.08. The van der Waals surface area contributed by atoms with Gasteiger partial charge >= 0.3 is 5.57 Å². The first-order valence-electron chi connectivity index (χ1n) is 4.82. The lowest BCUT2D eigenvalue weighted by atomic mass is 10.1. The predicted molar refractivity (Wildman–Crippen MR) is 61.8 cm³/mol. The molecule has 1 aromatic heterocycles. The zero-order valence-corrected chi connectivity index (χ0v) is 9.90. The average molecular weight is 262 g/mol. The molecule has 0 aliphatic heterocycles. The van der Waals surface area contributed by atoms with Crippen LogP contribution in [-0.4, -0.2) is 22.8 Å². The molecule has 0 aliphatic rings. The highest BCUT2D eigenvalue weighted by molar-refractivity contribution is 6.21. The van der Waals surface area contributed by atoms with Gasteiger partial charge in [0.2, 0.25) is 0 Å². The largest absolute Gasteiger partial charge is 0.487 e. The minimum Gasteiger partial charge on any atom is -0.417 e.